The molecule has 1 aliphatic rings. The molecule has 4 rings (SSSR count). The largest absolute Gasteiger partial charge is 0.352 e. The summed E-state index contributed by atoms with van der Waals surface area (Å²) in [5.74, 6) is 0.822. The first-order valence-corrected chi connectivity index (χ1v) is 7.47. The molecule has 0 atom stereocenters. The Kier molecular flexibility index (Phi) is 3.20. The summed E-state index contributed by atoms with van der Waals surface area (Å²) in [6.07, 6.45) is 3.58. The maximum absolute atomic E-state index is 6.00. The van der Waals surface area contributed by atoms with E-state index in [2.05, 4.69) is 15.7 Å². The Morgan fingerprint density at radius 3 is 2.50 bits per heavy atom. The maximum atomic E-state index is 6.00. The number of rotatable bonds is 2. The average molecular weight is 312 g/mol. The molecule has 0 spiro atoms. The van der Waals surface area contributed by atoms with Crippen LogP contribution >= 0.6 is 11.6 Å². The van der Waals surface area contributed by atoms with Crippen molar-refractivity contribution in [3.63, 3.8) is 0 Å². The summed E-state index contributed by atoms with van der Waals surface area (Å²) in [5, 5.41) is 4.04. The number of benzene rings is 1. The maximum Gasteiger partial charge on any atom is 0.223 e. The summed E-state index contributed by atoms with van der Waals surface area (Å²) < 4.78 is 2.00. The van der Waals surface area contributed by atoms with Crippen LogP contribution in [-0.4, -0.2) is 27.7 Å². The number of pyridine rings is 1. The minimum Gasteiger partial charge on any atom is -0.352 e. The number of halogens is 1. The van der Waals surface area contributed by atoms with Gasteiger partial charge in [-0.3, -0.25) is 4.98 Å². The van der Waals surface area contributed by atoms with Gasteiger partial charge in [-0.05, 0) is 24.3 Å². The van der Waals surface area contributed by atoms with E-state index in [-0.39, 0.29) is 0 Å². The molecule has 1 aromatic carbocycles. The van der Waals surface area contributed by atoms with Gasteiger partial charge in [0.2, 0.25) is 5.95 Å². The predicted molar refractivity (Wildman–Crippen MR) is 88.6 cm³/mol. The molecule has 0 fully saturated rings. The van der Waals surface area contributed by atoms with Gasteiger partial charge in [0.15, 0.2) is 0 Å². The summed E-state index contributed by atoms with van der Waals surface area (Å²) in [6.45, 7) is 1.70. The Hall–Kier alpha value is -2.53. The molecule has 5 nitrogen and oxygen atoms in total. The summed E-state index contributed by atoms with van der Waals surface area (Å²) in [7, 11) is 0. The standard InChI is InChI=1S/C16H14ClN5/c17-13-3-1-11(2-4-13)14-15(12-5-7-18-8-6-12)22-16(21-14)19-9-10-20-22/h1-8,20H,9-10H2,(H,19,21). The van der Waals surface area contributed by atoms with E-state index in [9.17, 15) is 0 Å². The second-order valence-corrected chi connectivity index (χ2v) is 5.48. The zero-order chi connectivity index (χ0) is 14.9. The van der Waals surface area contributed by atoms with Crippen molar-refractivity contribution in [2.24, 2.45) is 0 Å². The molecule has 22 heavy (non-hydrogen) atoms. The lowest BCUT2D eigenvalue weighted by Gasteiger charge is -2.20. The topological polar surface area (TPSA) is 54.8 Å². The second-order valence-electron chi connectivity index (χ2n) is 5.05. The summed E-state index contributed by atoms with van der Waals surface area (Å²) >= 11 is 6.00. The van der Waals surface area contributed by atoms with Gasteiger partial charge in [0, 0.05) is 41.6 Å². The number of imidazole rings is 1. The third kappa shape index (κ3) is 2.19. The summed E-state index contributed by atoms with van der Waals surface area (Å²) in [5.41, 5.74) is 7.41. The van der Waals surface area contributed by atoms with Gasteiger partial charge in [0.1, 0.15) is 5.69 Å². The molecule has 0 saturated heterocycles. The quantitative estimate of drug-likeness (QED) is 0.763. The van der Waals surface area contributed by atoms with E-state index in [1.54, 1.807) is 12.4 Å². The van der Waals surface area contributed by atoms with E-state index in [0.29, 0.717) is 0 Å². The number of aromatic nitrogens is 3. The molecule has 6 heteroatoms. The fourth-order valence-corrected chi connectivity index (χ4v) is 2.75. The molecular formula is C16H14ClN5. The highest BCUT2D eigenvalue weighted by atomic mass is 35.5. The molecule has 1 aliphatic heterocycles. The highest BCUT2D eigenvalue weighted by molar-refractivity contribution is 6.30. The second kappa shape index (κ2) is 5.35. The zero-order valence-corrected chi connectivity index (χ0v) is 12.5. The lowest BCUT2D eigenvalue weighted by molar-refractivity contribution is 0.798. The van der Waals surface area contributed by atoms with Gasteiger partial charge in [-0.1, -0.05) is 23.7 Å². The monoisotopic (exact) mass is 311 g/mol. The Labute approximate surface area is 133 Å². The van der Waals surface area contributed by atoms with Gasteiger partial charge < -0.3 is 10.7 Å². The lowest BCUT2D eigenvalue weighted by Crippen LogP contribution is -2.30. The number of hydrogen-bond donors (Lipinski definition) is 2. The third-order valence-electron chi connectivity index (χ3n) is 3.63. The van der Waals surface area contributed by atoms with Crippen LogP contribution in [0.3, 0.4) is 0 Å². The molecule has 3 aromatic rings. The summed E-state index contributed by atoms with van der Waals surface area (Å²) in [6, 6.07) is 11.7. The van der Waals surface area contributed by atoms with Crippen molar-refractivity contribution >= 4 is 17.5 Å². The van der Waals surface area contributed by atoms with Crippen molar-refractivity contribution in [1.29, 1.82) is 0 Å². The zero-order valence-electron chi connectivity index (χ0n) is 11.8. The molecule has 2 aromatic heterocycles. The van der Waals surface area contributed by atoms with Crippen molar-refractivity contribution in [1.82, 2.24) is 14.6 Å². The van der Waals surface area contributed by atoms with Crippen LogP contribution in [0.2, 0.25) is 5.02 Å². The van der Waals surface area contributed by atoms with Crippen LogP contribution in [0, 0.1) is 0 Å². The normalized spacial score (nSPS) is 13.1. The molecule has 0 amide bonds. The number of fused-ring (bicyclic) bond motifs is 1. The van der Waals surface area contributed by atoms with Gasteiger partial charge >= 0.3 is 0 Å². The number of hydrogen-bond acceptors (Lipinski definition) is 4. The number of nitrogens with one attached hydrogen (secondary N) is 2. The van der Waals surface area contributed by atoms with Gasteiger partial charge in [-0.2, -0.15) is 0 Å². The predicted octanol–water partition coefficient (Wildman–Crippen LogP) is 3.23. The van der Waals surface area contributed by atoms with Crippen LogP contribution in [-0.2, 0) is 0 Å². The molecule has 2 N–H and O–H groups in total. The van der Waals surface area contributed by atoms with E-state index in [4.69, 9.17) is 16.6 Å². The Balaban J connectivity index is 1.94. The lowest BCUT2D eigenvalue weighted by atomic mass is 10.1. The van der Waals surface area contributed by atoms with Crippen molar-refractivity contribution in [3.8, 4) is 22.5 Å². The molecule has 0 radical (unpaired) electrons. The molecule has 0 aliphatic carbocycles. The first-order valence-electron chi connectivity index (χ1n) is 7.10. The van der Waals surface area contributed by atoms with Crippen LogP contribution in [0.15, 0.2) is 48.8 Å². The average Bonchev–Trinajstić information content (AvgIpc) is 2.96. The van der Waals surface area contributed by atoms with Crippen LogP contribution in [0.1, 0.15) is 0 Å². The smallest absolute Gasteiger partial charge is 0.223 e. The first kappa shape index (κ1) is 13.2. The van der Waals surface area contributed by atoms with Crippen LogP contribution in [0.4, 0.5) is 5.95 Å². The number of anilines is 1. The molecule has 0 unspecified atom stereocenters. The van der Waals surface area contributed by atoms with Crippen LogP contribution in [0.25, 0.3) is 22.5 Å². The van der Waals surface area contributed by atoms with E-state index >= 15 is 0 Å². The van der Waals surface area contributed by atoms with E-state index < -0.39 is 0 Å². The third-order valence-corrected chi connectivity index (χ3v) is 3.88. The minimum atomic E-state index is 0.717. The molecule has 0 saturated carbocycles. The minimum absolute atomic E-state index is 0.717. The van der Waals surface area contributed by atoms with E-state index in [0.717, 1.165) is 46.6 Å². The molecule has 0 bridgehead atoms. The van der Waals surface area contributed by atoms with Gasteiger partial charge in [-0.25, -0.2) is 9.66 Å². The van der Waals surface area contributed by atoms with Crippen LogP contribution in [0.5, 0.6) is 0 Å². The van der Waals surface area contributed by atoms with Crippen molar-refractivity contribution in [2.75, 3.05) is 23.8 Å². The Bertz CT molecular complexity index is 795. The van der Waals surface area contributed by atoms with Gasteiger partial charge in [-0.15, -0.1) is 0 Å². The van der Waals surface area contributed by atoms with Crippen molar-refractivity contribution < 1.29 is 0 Å². The van der Waals surface area contributed by atoms with Gasteiger partial charge in [0.05, 0.1) is 5.69 Å². The Morgan fingerprint density at radius 1 is 0.955 bits per heavy atom. The molecule has 3 heterocycles. The summed E-state index contributed by atoms with van der Waals surface area (Å²) in [4.78, 5) is 8.85. The fourth-order valence-electron chi connectivity index (χ4n) is 2.62. The van der Waals surface area contributed by atoms with E-state index in [1.165, 1.54) is 0 Å². The Morgan fingerprint density at radius 2 is 1.73 bits per heavy atom. The fraction of sp³-hybridized carbons (Fsp3) is 0.125. The highest BCUT2D eigenvalue weighted by Crippen LogP contribution is 2.34. The SMILES string of the molecule is Clc1ccc(-c2nc3n(c2-c2ccncc2)NCCN3)cc1. The number of nitrogens with zero attached hydrogens (tertiary/aromatic N) is 3. The van der Waals surface area contributed by atoms with Crippen molar-refractivity contribution in [2.45, 2.75) is 0 Å². The molecular weight excluding hydrogens is 298 g/mol. The van der Waals surface area contributed by atoms with Crippen molar-refractivity contribution in [3.05, 3.63) is 53.8 Å². The van der Waals surface area contributed by atoms with Gasteiger partial charge in [0.25, 0.3) is 0 Å². The first-order chi connectivity index (χ1) is 10.8. The highest BCUT2D eigenvalue weighted by Gasteiger charge is 2.21. The molecule has 110 valence electrons. The van der Waals surface area contributed by atoms with E-state index in [1.807, 2.05) is 41.1 Å². The van der Waals surface area contributed by atoms with Crippen LogP contribution < -0.4 is 10.7 Å².